The standard InChI is InChI=1S/C19H19ClF3N5O2/c1-11-16(20)17(19(21,22)23)26-28(11)12(2)18(29)25-14-8-24-27(10-14)9-13-5-4-6-15(7-13)30-3/h4-8,10,12H,9H2,1-3H3,(H,25,29). The summed E-state index contributed by atoms with van der Waals surface area (Å²) in [6.45, 7) is 3.26. The maximum atomic E-state index is 13.0. The van der Waals surface area contributed by atoms with Gasteiger partial charge in [0, 0.05) is 6.20 Å². The number of carbonyl (C=O) groups is 1. The number of halogens is 4. The van der Waals surface area contributed by atoms with Gasteiger partial charge in [0.05, 0.1) is 36.3 Å². The minimum Gasteiger partial charge on any atom is -0.497 e. The van der Waals surface area contributed by atoms with Gasteiger partial charge in [0.2, 0.25) is 5.91 Å². The Bertz CT molecular complexity index is 1060. The van der Waals surface area contributed by atoms with E-state index in [2.05, 4.69) is 15.5 Å². The van der Waals surface area contributed by atoms with Crippen LogP contribution in [-0.4, -0.2) is 32.6 Å². The predicted molar refractivity (Wildman–Crippen MR) is 105 cm³/mol. The van der Waals surface area contributed by atoms with Gasteiger partial charge in [-0.25, -0.2) is 0 Å². The summed E-state index contributed by atoms with van der Waals surface area (Å²) in [6.07, 6.45) is -1.63. The van der Waals surface area contributed by atoms with E-state index in [-0.39, 0.29) is 5.69 Å². The summed E-state index contributed by atoms with van der Waals surface area (Å²) in [6, 6.07) is 6.44. The van der Waals surface area contributed by atoms with E-state index in [4.69, 9.17) is 16.3 Å². The van der Waals surface area contributed by atoms with Crippen LogP contribution in [0, 0.1) is 6.92 Å². The average molecular weight is 442 g/mol. The van der Waals surface area contributed by atoms with Crippen molar-refractivity contribution < 1.29 is 22.7 Å². The zero-order chi connectivity index (χ0) is 22.1. The lowest BCUT2D eigenvalue weighted by Gasteiger charge is -2.13. The Labute approximate surface area is 175 Å². The number of benzene rings is 1. The number of hydrogen-bond acceptors (Lipinski definition) is 4. The number of carbonyl (C=O) groups excluding carboxylic acids is 1. The molecule has 0 fully saturated rings. The summed E-state index contributed by atoms with van der Waals surface area (Å²) < 4.78 is 46.8. The number of alkyl halides is 3. The molecule has 1 unspecified atom stereocenters. The van der Waals surface area contributed by atoms with Crippen molar-refractivity contribution in [1.29, 1.82) is 0 Å². The fourth-order valence-corrected chi connectivity index (χ4v) is 3.12. The number of ether oxygens (including phenoxy) is 1. The first-order valence-corrected chi connectivity index (χ1v) is 9.26. The van der Waals surface area contributed by atoms with Gasteiger partial charge in [0.25, 0.3) is 0 Å². The lowest BCUT2D eigenvalue weighted by Crippen LogP contribution is -2.25. The zero-order valence-corrected chi connectivity index (χ0v) is 17.1. The molecule has 2 aromatic heterocycles. The van der Waals surface area contributed by atoms with E-state index < -0.39 is 28.8 Å². The van der Waals surface area contributed by atoms with Crippen LogP contribution in [0.25, 0.3) is 0 Å². The van der Waals surface area contributed by atoms with Gasteiger partial charge in [0.1, 0.15) is 11.8 Å². The quantitative estimate of drug-likeness (QED) is 0.618. The largest absolute Gasteiger partial charge is 0.497 e. The maximum Gasteiger partial charge on any atom is 0.436 e. The van der Waals surface area contributed by atoms with Gasteiger partial charge in [-0.05, 0) is 31.5 Å². The molecule has 1 N–H and O–H groups in total. The molecule has 3 aromatic rings. The molecular formula is C19H19ClF3N5O2. The number of amides is 1. The first kappa shape index (κ1) is 21.7. The van der Waals surface area contributed by atoms with Gasteiger partial charge in [-0.2, -0.15) is 23.4 Å². The van der Waals surface area contributed by atoms with Crippen LogP contribution in [0.4, 0.5) is 18.9 Å². The topological polar surface area (TPSA) is 74.0 Å². The van der Waals surface area contributed by atoms with Crippen molar-refractivity contribution in [3.05, 3.63) is 58.6 Å². The summed E-state index contributed by atoms with van der Waals surface area (Å²) in [7, 11) is 1.58. The van der Waals surface area contributed by atoms with Crippen LogP contribution >= 0.6 is 11.6 Å². The van der Waals surface area contributed by atoms with Crippen molar-refractivity contribution in [2.45, 2.75) is 32.6 Å². The second-order valence-electron chi connectivity index (χ2n) is 6.63. The Balaban J connectivity index is 1.71. The van der Waals surface area contributed by atoms with E-state index in [1.54, 1.807) is 18.0 Å². The first-order valence-electron chi connectivity index (χ1n) is 8.88. The van der Waals surface area contributed by atoms with Gasteiger partial charge < -0.3 is 10.1 Å². The average Bonchev–Trinajstić information content (AvgIpc) is 3.25. The molecule has 0 aliphatic rings. The molecule has 3 rings (SSSR count). The summed E-state index contributed by atoms with van der Waals surface area (Å²) in [5.41, 5.74) is 0.194. The fraction of sp³-hybridized carbons (Fsp3) is 0.316. The Morgan fingerprint density at radius 3 is 2.73 bits per heavy atom. The van der Waals surface area contributed by atoms with E-state index in [0.29, 0.717) is 18.0 Å². The van der Waals surface area contributed by atoms with Gasteiger partial charge in [-0.3, -0.25) is 14.2 Å². The highest BCUT2D eigenvalue weighted by Crippen LogP contribution is 2.36. The van der Waals surface area contributed by atoms with Crippen LogP contribution in [-0.2, 0) is 17.5 Å². The van der Waals surface area contributed by atoms with Crippen LogP contribution in [0.1, 0.15) is 29.9 Å². The second-order valence-corrected chi connectivity index (χ2v) is 7.01. The molecule has 30 heavy (non-hydrogen) atoms. The molecule has 0 spiro atoms. The highest BCUT2D eigenvalue weighted by Gasteiger charge is 2.39. The van der Waals surface area contributed by atoms with E-state index in [1.807, 2.05) is 24.3 Å². The van der Waals surface area contributed by atoms with Crippen LogP contribution in [0.15, 0.2) is 36.7 Å². The Hall–Kier alpha value is -3.01. The molecule has 1 amide bonds. The number of rotatable bonds is 6. The molecule has 0 saturated carbocycles. The molecule has 1 aromatic carbocycles. The lowest BCUT2D eigenvalue weighted by atomic mass is 10.2. The van der Waals surface area contributed by atoms with Crippen molar-refractivity contribution in [1.82, 2.24) is 19.6 Å². The molecular weight excluding hydrogens is 423 g/mol. The number of methoxy groups -OCH3 is 1. The molecule has 11 heteroatoms. The summed E-state index contributed by atoms with van der Waals surface area (Å²) >= 11 is 5.75. The van der Waals surface area contributed by atoms with Crippen molar-refractivity contribution in [2.24, 2.45) is 0 Å². The monoisotopic (exact) mass is 441 g/mol. The van der Waals surface area contributed by atoms with Crippen molar-refractivity contribution >= 4 is 23.2 Å². The first-order chi connectivity index (χ1) is 14.1. The molecule has 7 nitrogen and oxygen atoms in total. The third kappa shape index (κ3) is 4.59. The molecule has 1 atom stereocenters. The summed E-state index contributed by atoms with van der Waals surface area (Å²) in [5.74, 6) is 0.167. The fourth-order valence-electron chi connectivity index (χ4n) is 2.89. The van der Waals surface area contributed by atoms with Gasteiger partial charge >= 0.3 is 6.18 Å². The Morgan fingerprint density at radius 1 is 1.37 bits per heavy atom. The highest BCUT2D eigenvalue weighted by atomic mass is 35.5. The number of aromatic nitrogens is 4. The molecule has 2 heterocycles. The van der Waals surface area contributed by atoms with Crippen molar-refractivity contribution in [3.8, 4) is 5.75 Å². The number of nitrogens with one attached hydrogen (secondary N) is 1. The number of nitrogens with zero attached hydrogens (tertiary/aromatic N) is 4. The van der Waals surface area contributed by atoms with E-state index in [9.17, 15) is 18.0 Å². The van der Waals surface area contributed by atoms with E-state index in [1.165, 1.54) is 20.0 Å². The lowest BCUT2D eigenvalue weighted by molar-refractivity contribution is -0.141. The summed E-state index contributed by atoms with van der Waals surface area (Å²) in [4.78, 5) is 12.5. The van der Waals surface area contributed by atoms with Gasteiger partial charge in [-0.15, -0.1) is 0 Å². The van der Waals surface area contributed by atoms with Crippen molar-refractivity contribution in [2.75, 3.05) is 12.4 Å². The van der Waals surface area contributed by atoms with Crippen LogP contribution in [0.2, 0.25) is 5.02 Å². The molecule has 0 aliphatic carbocycles. The second kappa shape index (κ2) is 8.39. The van der Waals surface area contributed by atoms with Crippen molar-refractivity contribution in [3.63, 3.8) is 0 Å². The molecule has 0 radical (unpaired) electrons. The predicted octanol–water partition coefficient (Wildman–Crippen LogP) is 4.32. The smallest absolute Gasteiger partial charge is 0.436 e. The molecule has 0 saturated heterocycles. The summed E-state index contributed by atoms with van der Waals surface area (Å²) in [5, 5.41) is 9.79. The minimum absolute atomic E-state index is 0.0559. The third-order valence-electron chi connectivity index (χ3n) is 4.47. The van der Waals surface area contributed by atoms with Crippen LogP contribution in [0.3, 0.4) is 0 Å². The van der Waals surface area contributed by atoms with Gasteiger partial charge in [0.15, 0.2) is 5.69 Å². The SMILES string of the molecule is COc1cccc(Cn2cc(NC(=O)C(C)n3nc(C(F)(F)F)c(Cl)c3C)cn2)c1. The Morgan fingerprint density at radius 2 is 2.10 bits per heavy atom. The number of anilines is 1. The molecule has 0 bridgehead atoms. The molecule has 0 aliphatic heterocycles. The van der Waals surface area contributed by atoms with Gasteiger partial charge in [-0.1, -0.05) is 23.7 Å². The van der Waals surface area contributed by atoms with Crippen LogP contribution < -0.4 is 10.1 Å². The minimum atomic E-state index is -4.70. The van der Waals surface area contributed by atoms with Crippen LogP contribution in [0.5, 0.6) is 5.75 Å². The highest BCUT2D eigenvalue weighted by molar-refractivity contribution is 6.32. The maximum absolute atomic E-state index is 13.0. The van der Waals surface area contributed by atoms with E-state index >= 15 is 0 Å². The number of hydrogen-bond donors (Lipinski definition) is 1. The Kier molecular flexibility index (Phi) is 6.06. The zero-order valence-electron chi connectivity index (χ0n) is 16.4. The molecule has 160 valence electrons. The normalized spacial score (nSPS) is 12.6. The third-order valence-corrected chi connectivity index (χ3v) is 4.92. The van der Waals surface area contributed by atoms with E-state index in [0.717, 1.165) is 10.2 Å².